The third kappa shape index (κ3) is 10.0. The Morgan fingerprint density at radius 1 is 1.16 bits per heavy atom. The summed E-state index contributed by atoms with van der Waals surface area (Å²) in [6, 6.07) is -0.195. The zero-order valence-electron chi connectivity index (χ0n) is 18.3. The van der Waals surface area contributed by atoms with Crippen molar-refractivity contribution in [1.29, 1.82) is 0 Å². The third-order valence-corrected chi connectivity index (χ3v) is 5.53. The zero-order chi connectivity index (χ0) is 21.8. The van der Waals surface area contributed by atoms with E-state index in [2.05, 4.69) is 10.6 Å². The highest BCUT2D eigenvalue weighted by atomic mass is 35.5. The van der Waals surface area contributed by atoms with Crippen molar-refractivity contribution in [1.82, 2.24) is 20.4 Å². The van der Waals surface area contributed by atoms with Crippen molar-refractivity contribution in [3.05, 3.63) is 0 Å². The summed E-state index contributed by atoms with van der Waals surface area (Å²) < 4.78 is 10.9. The van der Waals surface area contributed by atoms with E-state index in [-0.39, 0.29) is 50.8 Å². The molecule has 3 amide bonds. The fourth-order valence-electron chi connectivity index (χ4n) is 3.71. The Hall–Kier alpha value is -1.62. The quantitative estimate of drug-likeness (QED) is 0.388. The summed E-state index contributed by atoms with van der Waals surface area (Å²) in [5, 5.41) is 15.2. The van der Waals surface area contributed by atoms with Gasteiger partial charge in [-0.2, -0.15) is 0 Å². The standard InChI is InChI=1S/C20H36N4O6.ClH/c1-2-29-19(27)13-24(18(26)14-25)12-9-22-20(28)23-10-5-17(6-11-23)30-15-16-3-7-21-8-4-16;/h16-17,21,25H,2-15H2,1H3,(H,22,28);1H. The minimum Gasteiger partial charge on any atom is -0.465 e. The number of amides is 3. The molecule has 11 heteroatoms. The molecule has 0 aromatic rings. The number of hydrogen-bond acceptors (Lipinski definition) is 7. The average Bonchev–Trinajstić information content (AvgIpc) is 2.77. The molecule has 0 spiro atoms. The van der Waals surface area contributed by atoms with Gasteiger partial charge in [0.1, 0.15) is 13.2 Å². The first-order chi connectivity index (χ1) is 14.5. The van der Waals surface area contributed by atoms with E-state index in [9.17, 15) is 14.4 Å². The lowest BCUT2D eigenvalue weighted by molar-refractivity contribution is -0.149. The molecule has 0 bridgehead atoms. The molecule has 2 saturated heterocycles. The van der Waals surface area contributed by atoms with Gasteiger partial charge in [-0.1, -0.05) is 0 Å². The Labute approximate surface area is 190 Å². The maximum Gasteiger partial charge on any atom is 0.325 e. The summed E-state index contributed by atoms with van der Waals surface area (Å²) in [7, 11) is 0. The van der Waals surface area contributed by atoms with Crippen LogP contribution in [0, 0.1) is 5.92 Å². The second-order valence-corrected chi connectivity index (χ2v) is 7.72. The molecule has 2 fully saturated rings. The number of likely N-dealkylation sites (tertiary alicyclic amines) is 1. The smallest absolute Gasteiger partial charge is 0.325 e. The van der Waals surface area contributed by atoms with Crippen LogP contribution in [0.1, 0.15) is 32.6 Å². The number of ether oxygens (including phenoxy) is 2. The van der Waals surface area contributed by atoms with Crippen LogP contribution < -0.4 is 10.6 Å². The lowest BCUT2D eigenvalue weighted by Crippen LogP contribution is -2.49. The molecule has 0 aromatic heterocycles. The zero-order valence-corrected chi connectivity index (χ0v) is 19.2. The number of carbonyl (C=O) groups excluding carboxylic acids is 3. The van der Waals surface area contributed by atoms with Crippen molar-refractivity contribution in [3.63, 3.8) is 0 Å². The summed E-state index contributed by atoms with van der Waals surface area (Å²) in [4.78, 5) is 38.7. The monoisotopic (exact) mass is 464 g/mol. The Balaban J connectivity index is 0.00000480. The van der Waals surface area contributed by atoms with Crippen LogP contribution >= 0.6 is 12.4 Å². The molecule has 2 heterocycles. The predicted octanol–water partition coefficient (Wildman–Crippen LogP) is -0.0176. The highest BCUT2D eigenvalue weighted by molar-refractivity contribution is 5.85. The SMILES string of the molecule is CCOC(=O)CN(CCNC(=O)N1CCC(OCC2CCNCC2)CC1)C(=O)CO.Cl. The lowest BCUT2D eigenvalue weighted by atomic mass is 9.99. The molecule has 0 radical (unpaired) electrons. The second kappa shape index (κ2) is 15.2. The summed E-state index contributed by atoms with van der Waals surface area (Å²) in [5.41, 5.74) is 0. The fourth-order valence-corrected chi connectivity index (χ4v) is 3.71. The van der Waals surface area contributed by atoms with Crippen LogP contribution in [-0.4, -0.2) is 105 Å². The Kier molecular flexibility index (Phi) is 13.5. The van der Waals surface area contributed by atoms with Crippen molar-refractivity contribution in [2.45, 2.75) is 38.7 Å². The van der Waals surface area contributed by atoms with Gasteiger partial charge in [0.15, 0.2) is 0 Å². The number of aliphatic hydroxyl groups is 1. The number of rotatable bonds is 10. The van der Waals surface area contributed by atoms with Crippen molar-refractivity contribution < 1.29 is 29.0 Å². The van der Waals surface area contributed by atoms with Crippen LogP contribution in [0.15, 0.2) is 0 Å². The topological polar surface area (TPSA) is 120 Å². The highest BCUT2D eigenvalue weighted by Gasteiger charge is 2.25. The Bertz CT molecular complexity index is 554. The lowest BCUT2D eigenvalue weighted by Gasteiger charge is -2.33. The van der Waals surface area contributed by atoms with Gasteiger partial charge in [0.05, 0.1) is 12.7 Å². The Morgan fingerprint density at radius 3 is 2.45 bits per heavy atom. The van der Waals surface area contributed by atoms with Gasteiger partial charge >= 0.3 is 12.0 Å². The number of halogens is 1. The van der Waals surface area contributed by atoms with Gasteiger partial charge in [-0.3, -0.25) is 9.59 Å². The molecule has 0 aromatic carbocycles. The van der Waals surface area contributed by atoms with Crippen molar-refractivity contribution in [3.8, 4) is 0 Å². The molecule has 0 unspecified atom stereocenters. The maximum absolute atomic E-state index is 12.4. The largest absolute Gasteiger partial charge is 0.465 e. The summed E-state index contributed by atoms with van der Waals surface area (Å²) in [6.07, 6.45) is 4.15. The molecule has 10 nitrogen and oxygen atoms in total. The fraction of sp³-hybridized carbons (Fsp3) is 0.850. The maximum atomic E-state index is 12.4. The minimum absolute atomic E-state index is 0. The van der Waals surface area contributed by atoms with E-state index >= 15 is 0 Å². The number of aliphatic hydroxyl groups excluding tert-OH is 1. The number of carbonyl (C=O) groups is 3. The van der Waals surface area contributed by atoms with E-state index < -0.39 is 18.5 Å². The second-order valence-electron chi connectivity index (χ2n) is 7.72. The van der Waals surface area contributed by atoms with Crippen LogP contribution in [-0.2, 0) is 19.1 Å². The molecule has 31 heavy (non-hydrogen) atoms. The van der Waals surface area contributed by atoms with Crippen molar-refractivity contribution >= 4 is 30.3 Å². The first-order valence-corrected chi connectivity index (χ1v) is 10.9. The van der Waals surface area contributed by atoms with Gasteiger partial charge in [-0.15, -0.1) is 12.4 Å². The third-order valence-electron chi connectivity index (χ3n) is 5.53. The first-order valence-electron chi connectivity index (χ1n) is 10.9. The van der Waals surface area contributed by atoms with Crippen LogP contribution in [0.5, 0.6) is 0 Å². The molecule has 3 N–H and O–H groups in total. The van der Waals surface area contributed by atoms with Gasteiger partial charge in [0.2, 0.25) is 5.91 Å². The van der Waals surface area contributed by atoms with Crippen LogP contribution in [0.2, 0.25) is 0 Å². The average molecular weight is 465 g/mol. The van der Waals surface area contributed by atoms with Gasteiger partial charge in [0.25, 0.3) is 0 Å². The Morgan fingerprint density at radius 2 is 1.84 bits per heavy atom. The van der Waals surface area contributed by atoms with Gasteiger partial charge in [0, 0.05) is 32.8 Å². The number of piperidine rings is 2. The number of urea groups is 1. The summed E-state index contributed by atoms with van der Waals surface area (Å²) in [6.45, 7) is 5.45. The molecule has 2 aliphatic rings. The number of nitrogens with one attached hydrogen (secondary N) is 2. The number of nitrogens with zero attached hydrogens (tertiary/aromatic N) is 2. The molecule has 0 saturated carbocycles. The van der Waals surface area contributed by atoms with Crippen LogP contribution in [0.4, 0.5) is 4.79 Å². The van der Waals surface area contributed by atoms with Gasteiger partial charge < -0.3 is 35.0 Å². The van der Waals surface area contributed by atoms with Crippen LogP contribution in [0.25, 0.3) is 0 Å². The molecule has 0 atom stereocenters. The molecule has 180 valence electrons. The minimum atomic E-state index is -0.696. The molecule has 2 rings (SSSR count). The summed E-state index contributed by atoms with van der Waals surface area (Å²) in [5.74, 6) is -0.493. The molecule has 2 aliphatic heterocycles. The molecule has 0 aliphatic carbocycles. The first kappa shape index (κ1) is 27.4. The van der Waals surface area contributed by atoms with E-state index in [0.717, 1.165) is 45.4 Å². The predicted molar refractivity (Wildman–Crippen MR) is 117 cm³/mol. The molecular weight excluding hydrogens is 428 g/mol. The van der Waals surface area contributed by atoms with Gasteiger partial charge in [-0.05, 0) is 51.6 Å². The van der Waals surface area contributed by atoms with E-state index in [1.165, 1.54) is 4.90 Å². The highest BCUT2D eigenvalue weighted by Crippen LogP contribution is 2.18. The normalized spacial score (nSPS) is 17.5. The number of esters is 1. The van der Waals surface area contributed by atoms with E-state index in [1.807, 2.05) is 0 Å². The van der Waals surface area contributed by atoms with E-state index in [0.29, 0.717) is 19.0 Å². The van der Waals surface area contributed by atoms with E-state index in [4.69, 9.17) is 14.6 Å². The van der Waals surface area contributed by atoms with Crippen molar-refractivity contribution in [2.24, 2.45) is 5.92 Å². The van der Waals surface area contributed by atoms with E-state index in [1.54, 1.807) is 11.8 Å². The van der Waals surface area contributed by atoms with Crippen molar-refractivity contribution in [2.75, 3.05) is 65.6 Å². The van der Waals surface area contributed by atoms with Gasteiger partial charge in [-0.25, -0.2) is 4.79 Å². The van der Waals surface area contributed by atoms with Crippen LogP contribution in [0.3, 0.4) is 0 Å². The number of hydrogen-bond donors (Lipinski definition) is 3. The summed E-state index contributed by atoms with van der Waals surface area (Å²) >= 11 is 0. The molecular formula is C20H37ClN4O6.